The molecule has 0 aliphatic rings. The number of phenolic OH excluding ortho intramolecular Hbond substituents is 2. The van der Waals surface area contributed by atoms with Crippen LogP contribution in [0, 0.1) is 12.7 Å². The molecule has 0 amide bonds. The Bertz CT molecular complexity index is 1560. The quantitative estimate of drug-likeness (QED) is 0.204. The summed E-state index contributed by atoms with van der Waals surface area (Å²) in [5.41, 5.74) is 1.52. The van der Waals surface area contributed by atoms with Crippen molar-refractivity contribution in [2.24, 2.45) is 0 Å². The molecule has 0 saturated carbocycles. The number of nitrogens with zero attached hydrogens (tertiary/aromatic N) is 1. The lowest BCUT2D eigenvalue weighted by Crippen LogP contribution is -2.09. The van der Waals surface area contributed by atoms with Crippen molar-refractivity contribution in [2.75, 3.05) is 6.61 Å². The van der Waals surface area contributed by atoms with Crippen molar-refractivity contribution in [3.05, 3.63) is 95.1 Å². The van der Waals surface area contributed by atoms with Crippen molar-refractivity contribution in [3.63, 3.8) is 0 Å². The SMILES string of the molecule is Cc1cc(CCCCOC(=O)c2ccc(CS(=O)(=O)c3cccc(-c4cc(F)ccc4O)c3)cc2O)no1. The summed E-state index contributed by atoms with van der Waals surface area (Å²) in [4.78, 5) is 12.3. The number of rotatable bonds is 10. The number of hydrogen-bond acceptors (Lipinski definition) is 8. The first-order valence-electron chi connectivity index (χ1n) is 11.9. The predicted octanol–water partition coefficient (Wildman–Crippen LogP) is 5.35. The summed E-state index contributed by atoms with van der Waals surface area (Å²) in [7, 11) is -3.87. The Morgan fingerprint density at radius 1 is 1.00 bits per heavy atom. The number of ether oxygens (including phenoxy) is 1. The van der Waals surface area contributed by atoms with E-state index in [-0.39, 0.29) is 39.7 Å². The van der Waals surface area contributed by atoms with Gasteiger partial charge in [-0.25, -0.2) is 17.6 Å². The third-order valence-corrected chi connectivity index (χ3v) is 7.52. The summed E-state index contributed by atoms with van der Waals surface area (Å²) in [6.07, 6.45) is 2.03. The summed E-state index contributed by atoms with van der Waals surface area (Å²) >= 11 is 0. The molecular formula is C28H26FNO7S. The van der Waals surface area contributed by atoms with Crippen LogP contribution in [0.3, 0.4) is 0 Å². The number of phenols is 2. The number of hydrogen-bond donors (Lipinski definition) is 2. The molecule has 8 nitrogen and oxygen atoms in total. The van der Waals surface area contributed by atoms with Crippen LogP contribution in [0.5, 0.6) is 11.5 Å². The molecule has 4 aromatic rings. The molecule has 2 N–H and O–H groups in total. The molecular weight excluding hydrogens is 513 g/mol. The van der Waals surface area contributed by atoms with E-state index in [2.05, 4.69) is 5.16 Å². The molecule has 198 valence electrons. The maximum absolute atomic E-state index is 13.7. The molecule has 0 aliphatic heterocycles. The first-order valence-corrected chi connectivity index (χ1v) is 13.5. The van der Waals surface area contributed by atoms with Gasteiger partial charge in [0.15, 0.2) is 9.84 Å². The van der Waals surface area contributed by atoms with Crippen LogP contribution in [0.25, 0.3) is 11.1 Å². The third kappa shape index (κ3) is 6.57. The van der Waals surface area contributed by atoms with E-state index in [4.69, 9.17) is 9.26 Å². The highest BCUT2D eigenvalue weighted by molar-refractivity contribution is 7.90. The molecule has 0 radical (unpaired) electrons. The van der Waals surface area contributed by atoms with Crippen LogP contribution in [0.15, 0.2) is 76.1 Å². The Morgan fingerprint density at radius 2 is 1.82 bits per heavy atom. The second-order valence-corrected chi connectivity index (χ2v) is 10.8. The first kappa shape index (κ1) is 26.9. The highest BCUT2D eigenvalue weighted by Crippen LogP contribution is 2.32. The number of unbranched alkanes of at least 4 members (excludes halogenated alkanes) is 1. The van der Waals surface area contributed by atoms with Gasteiger partial charge in [0.25, 0.3) is 0 Å². The number of sulfone groups is 1. The lowest BCUT2D eigenvalue weighted by molar-refractivity contribution is 0.0495. The fourth-order valence-corrected chi connectivity index (χ4v) is 5.30. The van der Waals surface area contributed by atoms with Crippen LogP contribution in [-0.2, 0) is 26.7 Å². The number of aryl methyl sites for hydroxylation is 2. The Hall–Kier alpha value is -4.18. The first-order chi connectivity index (χ1) is 18.1. The number of benzene rings is 3. The highest BCUT2D eigenvalue weighted by atomic mass is 32.2. The van der Waals surface area contributed by atoms with E-state index in [1.165, 1.54) is 42.5 Å². The van der Waals surface area contributed by atoms with Gasteiger partial charge in [0.1, 0.15) is 28.6 Å². The Kier molecular flexibility index (Phi) is 8.11. The Balaban J connectivity index is 1.38. The summed E-state index contributed by atoms with van der Waals surface area (Å²) in [6, 6.07) is 15.0. The molecule has 3 aromatic carbocycles. The summed E-state index contributed by atoms with van der Waals surface area (Å²) in [6.45, 7) is 1.97. The average Bonchev–Trinajstić information content (AvgIpc) is 3.30. The molecule has 0 bridgehead atoms. The molecule has 0 spiro atoms. The van der Waals surface area contributed by atoms with Gasteiger partial charge in [-0.3, -0.25) is 0 Å². The molecule has 0 unspecified atom stereocenters. The summed E-state index contributed by atoms with van der Waals surface area (Å²) < 4.78 is 50.0. The van der Waals surface area contributed by atoms with Gasteiger partial charge in [0.05, 0.1) is 22.9 Å². The molecule has 0 saturated heterocycles. The second-order valence-electron chi connectivity index (χ2n) is 8.82. The number of halogens is 1. The second kappa shape index (κ2) is 11.5. The lowest BCUT2D eigenvalue weighted by Gasteiger charge is -2.10. The molecule has 4 rings (SSSR count). The van der Waals surface area contributed by atoms with E-state index in [0.29, 0.717) is 18.4 Å². The fourth-order valence-electron chi connectivity index (χ4n) is 3.93. The third-order valence-electron chi connectivity index (χ3n) is 5.84. The predicted molar refractivity (Wildman–Crippen MR) is 137 cm³/mol. The molecule has 38 heavy (non-hydrogen) atoms. The van der Waals surface area contributed by atoms with E-state index in [1.807, 2.05) is 13.0 Å². The minimum Gasteiger partial charge on any atom is -0.507 e. The number of aromatic hydroxyl groups is 2. The molecule has 0 aliphatic carbocycles. The molecule has 1 aromatic heterocycles. The van der Waals surface area contributed by atoms with Crippen LogP contribution in [0.2, 0.25) is 0 Å². The average molecular weight is 540 g/mol. The standard InChI is InChI=1S/C28H26FNO7S/c1-18-13-22(30-37-18)6-2-3-12-36-28(33)24-10-8-19(14-27(24)32)17-38(34,35)23-7-4-5-20(15-23)25-16-21(29)9-11-26(25)31/h4-5,7-11,13-16,31-32H,2-3,6,12,17H2,1H3. The van der Waals surface area contributed by atoms with Gasteiger partial charge < -0.3 is 19.5 Å². The smallest absolute Gasteiger partial charge is 0.341 e. The van der Waals surface area contributed by atoms with Gasteiger partial charge in [-0.15, -0.1) is 0 Å². The van der Waals surface area contributed by atoms with Crippen molar-refractivity contribution in [1.29, 1.82) is 0 Å². The monoisotopic (exact) mass is 539 g/mol. The molecule has 0 atom stereocenters. The fraction of sp³-hybridized carbons (Fsp3) is 0.214. The zero-order chi connectivity index (χ0) is 27.3. The number of aromatic nitrogens is 1. The van der Waals surface area contributed by atoms with Gasteiger partial charge in [0, 0.05) is 11.6 Å². The normalized spacial score (nSPS) is 11.4. The maximum Gasteiger partial charge on any atom is 0.341 e. The molecule has 1 heterocycles. The molecule has 0 fully saturated rings. The minimum atomic E-state index is -3.87. The van der Waals surface area contributed by atoms with E-state index >= 15 is 0 Å². The van der Waals surface area contributed by atoms with Gasteiger partial charge in [-0.05, 0) is 79.8 Å². The van der Waals surface area contributed by atoms with Crippen LogP contribution in [-0.4, -0.2) is 36.4 Å². The van der Waals surface area contributed by atoms with Crippen molar-refractivity contribution in [2.45, 2.75) is 36.8 Å². The van der Waals surface area contributed by atoms with Gasteiger partial charge in [-0.1, -0.05) is 23.4 Å². The minimum absolute atomic E-state index is 0.0394. The number of esters is 1. The van der Waals surface area contributed by atoms with Gasteiger partial charge in [0.2, 0.25) is 0 Å². The topological polar surface area (TPSA) is 127 Å². The lowest BCUT2D eigenvalue weighted by atomic mass is 10.0. The Morgan fingerprint density at radius 3 is 2.55 bits per heavy atom. The summed E-state index contributed by atoms with van der Waals surface area (Å²) in [5, 5.41) is 24.3. The number of carbonyl (C=O) groups excluding carboxylic acids is 1. The van der Waals surface area contributed by atoms with Crippen molar-refractivity contribution in [1.82, 2.24) is 5.16 Å². The van der Waals surface area contributed by atoms with E-state index in [9.17, 15) is 27.8 Å². The van der Waals surface area contributed by atoms with Crippen molar-refractivity contribution in [3.8, 4) is 22.6 Å². The van der Waals surface area contributed by atoms with Crippen molar-refractivity contribution >= 4 is 15.8 Å². The van der Waals surface area contributed by atoms with E-state index in [1.54, 1.807) is 6.07 Å². The van der Waals surface area contributed by atoms with Crippen molar-refractivity contribution < 1.29 is 37.1 Å². The van der Waals surface area contributed by atoms with Gasteiger partial charge in [-0.2, -0.15) is 0 Å². The van der Waals surface area contributed by atoms with Gasteiger partial charge >= 0.3 is 5.97 Å². The van der Waals surface area contributed by atoms with E-state index < -0.39 is 27.4 Å². The summed E-state index contributed by atoms with van der Waals surface area (Å²) in [5.74, 6) is -1.57. The maximum atomic E-state index is 13.7. The van der Waals surface area contributed by atoms with Crippen LogP contribution in [0.1, 0.15) is 40.2 Å². The number of carbonyl (C=O) groups is 1. The zero-order valence-electron chi connectivity index (χ0n) is 20.6. The van der Waals surface area contributed by atoms with Crippen LogP contribution in [0.4, 0.5) is 4.39 Å². The Labute approximate surface area is 219 Å². The highest BCUT2D eigenvalue weighted by Gasteiger charge is 2.20. The molecule has 10 heteroatoms. The van der Waals surface area contributed by atoms with E-state index in [0.717, 1.165) is 30.0 Å². The largest absolute Gasteiger partial charge is 0.507 e. The zero-order valence-corrected chi connectivity index (χ0v) is 21.4. The van der Waals surface area contributed by atoms with Crippen LogP contribution >= 0.6 is 0 Å². The van der Waals surface area contributed by atoms with Crippen LogP contribution < -0.4 is 0 Å².